The van der Waals surface area contributed by atoms with Gasteiger partial charge in [0.25, 0.3) is 0 Å². The van der Waals surface area contributed by atoms with Gasteiger partial charge in [-0.25, -0.2) is 0 Å². The van der Waals surface area contributed by atoms with E-state index in [1.807, 2.05) is 37.1 Å². The second kappa shape index (κ2) is 7.40. The highest BCUT2D eigenvalue weighted by Crippen LogP contribution is 2.23. The molecule has 0 spiro atoms. The molecule has 3 aromatic rings. The van der Waals surface area contributed by atoms with Crippen molar-refractivity contribution in [2.75, 3.05) is 17.3 Å². The Balaban J connectivity index is 1.72. The molecule has 0 unspecified atom stereocenters. The van der Waals surface area contributed by atoms with Crippen molar-refractivity contribution in [3.8, 4) is 0 Å². The SMILES string of the molecule is CC(=O)c1ccc(NC(=O)[C@H](C)N(C)c2ccc3ccccc3c2)cc1. The first-order valence-electron chi connectivity index (χ1n) is 8.59. The van der Waals surface area contributed by atoms with Gasteiger partial charge in [-0.15, -0.1) is 0 Å². The van der Waals surface area contributed by atoms with E-state index < -0.39 is 0 Å². The number of fused-ring (bicyclic) bond motifs is 1. The Bertz CT molecular complexity index is 948. The highest BCUT2D eigenvalue weighted by molar-refractivity contribution is 5.98. The highest BCUT2D eigenvalue weighted by Gasteiger charge is 2.19. The molecular weight excluding hydrogens is 324 g/mol. The summed E-state index contributed by atoms with van der Waals surface area (Å²) < 4.78 is 0. The maximum atomic E-state index is 12.6. The molecule has 4 nitrogen and oxygen atoms in total. The molecule has 4 heteroatoms. The third kappa shape index (κ3) is 3.75. The summed E-state index contributed by atoms with van der Waals surface area (Å²) >= 11 is 0. The van der Waals surface area contributed by atoms with E-state index in [-0.39, 0.29) is 17.7 Å². The summed E-state index contributed by atoms with van der Waals surface area (Å²) in [5.41, 5.74) is 2.29. The number of nitrogens with zero attached hydrogens (tertiary/aromatic N) is 1. The van der Waals surface area contributed by atoms with E-state index in [0.717, 1.165) is 11.1 Å². The van der Waals surface area contributed by atoms with Crippen molar-refractivity contribution in [1.82, 2.24) is 0 Å². The zero-order chi connectivity index (χ0) is 18.7. The molecule has 1 atom stereocenters. The van der Waals surface area contributed by atoms with Crippen LogP contribution in [-0.4, -0.2) is 24.8 Å². The lowest BCUT2D eigenvalue weighted by atomic mass is 10.1. The number of carbonyl (C=O) groups is 2. The quantitative estimate of drug-likeness (QED) is 0.692. The number of ketones is 1. The van der Waals surface area contributed by atoms with Crippen molar-refractivity contribution in [1.29, 1.82) is 0 Å². The first kappa shape index (κ1) is 17.7. The number of rotatable bonds is 5. The summed E-state index contributed by atoms with van der Waals surface area (Å²) in [4.78, 5) is 25.9. The molecule has 0 fully saturated rings. The van der Waals surface area contributed by atoms with E-state index in [1.54, 1.807) is 24.3 Å². The molecule has 1 amide bonds. The van der Waals surface area contributed by atoms with Crippen LogP contribution in [-0.2, 0) is 4.79 Å². The van der Waals surface area contributed by atoms with Crippen LogP contribution < -0.4 is 10.2 Å². The molecule has 0 aliphatic carbocycles. The summed E-state index contributed by atoms with van der Waals surface area (Å²) in [6.45, 7) is 3.39. The van der Waals surface area contributed by atoms with E-state index in [0.29, 0.717) is 11.3 Å². The molecule has 0 bridgehead atoms. The van der Waals surface area contributed by atoms with Gasteiger partial charge in [-0.05, 0) is 61.0 Å². The zero-order valence-corrected chi connectivity index (χ0v) is 15.2. The van der Waals surface area contributed by atoms with E-state index in [4.69, 9.17) is 0 Å². The average Bonchev–Trinajstić information content (AvgIpc) is 2.66. The molecule has 0 aliphatic rings. The summed E-state index contributed by atoms with van der Waals surface area (Å²) in [6, 6.07) is 20.9. The number of Topliss-reactive ketones (excluding diaryl/α,β-unsaturated/α-hetero) is 1. The van der Waals surface area contributed by atoms with Crippen molar-refractivity contribution in [3.63, 3.8) is 0 Å². The number of carbonyl (C=O) groups excluding carboxylic acids is 2. The zero-order valence-electron chi connectivity index (χ0n) is 15.2. The van der Waals surface area contributed by atoms with Gasteiger partial charge in [0.1, 0.15) is 6.04 Å². The molecule has 0 saturated heterocycles. The minimum absolute atomic E-state index is 0.00674. The molecule has 1 N–H and O–H groups in total. The maximum Gasteiger partial charge on any atom is 0.246 e. The number of hydrogen-bond acceptors (Lipinski definition) is 3. The van der Waals surface area contributed by atoms with Gasteiger partial charge >= 0.3 is 0 Å². The number of amides is 1. The van der Waals surface area contributed by atoms with Gasteiger partial charge in [0.2, 0.25) is 5.91 Å². The highest BCUT2D eigenvalue weighted by atomic mass is 16.2. The van der Waals surface area contributed by atoms with Crippen molar-refractivity contribution in [2.45, 2.75) is 19.9 Å². The normalized spacial score (nSPS) is 11.8. The van der Waals surface area contributed by atoms with Gasteiger partial charge in [-0.1, -0.05) is 30.3 Å². The van der Waals surface area contributed by atoms with Crippen molar-refractivity contribution in [2.24, 2.45) is 0 Å². The smallest absolute Gasteiger partial charge is 0.246 e. The largest absolute Gasteiger partial charge is 0.363 e. The molecule has 0 saturated carbocycles. The fraction of sp³-hybridized carbons (Fsp3) is 0.182. The van der Waals surface area contributed by atoms with Gasteiger partial charge in [0, 0.05) is 24.0 Å². The fourth-order valence-corrected chi connectivity index (χ4v) is 2.83. The van der Waals surface area contributed by atoms with Crippen molar-refractivity contribution in [3.05, 3.63) is 72.3 Å². The Morgan fingerprint density at radius 1 is 0.923 bits per heavy atom. The van der Waals surface area contributed by atoms with Crippen LogP contribution in [0.1, 0.15) is 24.2 Å². The number of anilines is 2. The predicted molar refractivity (Wildman–Crippen MR) is 107 cm³/mol. The molecule has 0 aromatic heterocycles. The second-order valence-electron chi connectivity index (χ2n) is 6.44. The lowest BCUT2D eigenvalue weighted by Gasteiger charge is -2.26. The van der Waals surface area contributed by atoms with E-state index in [1.165, 1.54) is 12.3 Å². The van der Waals surface area contributed by atoms with Crippen LogP contribution >= 0.6 is 0 Å². The second-order valence-corrected chi connectivity index (χ2v) is 6.44. The molecule has 0 heterocycles. The Labute approximate surface area is 153 Å². The first-order valence-corrected chi connectivity index (χ1v) is 8.59. The standard InChI is InChI=1S/C22H22N2O2/c1-15(22(26)23-20-11-8-17(9-12-20)16(2)25)24(3)21-13-10-18-6-4-5-7-19(18)14-21/h4-15H,1-3H3,(H,23,26)/t15-/m0/s1. The third-order valence-electron chi connectivity index (χ3n) is 4.66. The molecule has 132 valence electrons. The van der Waals surface area contributed by atoms with Crippen LogP contribution in [0.25, 0.3) is 10.8 Å². The number of likely N-dealkylation sites (N-methyl/N-ethyl adjacent to an activating group) is 1. The van der Waals surface area contributed by atoms with Crippen LogP contribution in [0.2, 0.25) is 0 Å². The van der Waals surface area contributed by atoms with E-state index in [9.17, 15) is 9.59 Å². The Hall–Kier alpha value is -3.14. The lowest BCUT2D eigenvalue weighted by Crippen LogP contribution is -2.39. The van der Waals surface area contributed by atoms with Crippen molar-refractivity contribution < 1.29 is 9.59 Å². The molecule has 3 aromatic carbocycles. The monoisotopic (exact) mass is 346 g/mol. The molecule has 3 rings (SSSR count). The Morgan fingerprint density at radius 3 is 2.23 bits per heavy atom. The fourth-order valence-electron chi connectivity index (χ4n) is 2.83. The molecular formula is C22H22N2O2. The maximum absolute atomic E-state index is 12.6. The average molecular weight is 346 g/mol. The van der Waals surface area contributed by atoms with Crippen molar-refractivity contribution >= 4 is 33.8 Å². The van der Waals surface area contributed by atoms with Gasteiger partial charge in [0.05, 0.1) is 0 Å². The third-order valence-corrected chi connectivity index (χ3v) is 4.66. The first-order chi connectivity index (χ1) is 12.5. The van der Waals surface area contributed by atoms with Crippen LogP contribution in [0.5, 0.6) is 0 Å². The number of hydrogen-bond donors (Lipinski definition) is 1. The van der Waals surface area contributed by atoms with E-state index >= 15 is 0 Å². The summed E-state index contributed by atoms with van der Waals surface area (Å²) in [5.74, 6) is -0.0940. The summed E-state index contributed by atoms with van der Waals surface area (Å²) in [5, 5.41) is 5.22. The van der Waals surface area contributed by atoms with Crippen LogP contribution in [0, 0.1) is 0 Å². The lowest BCUT2D eigenvalue weighted by molar-refractivity contribution is -0.117. The van der Waals surface area contributed by atoms with Crippen LogP contribution in [0.3, 0.4) is 0 Å². The topological polar surface area (TPSA) is 49.4 Å². The van der Waals surface area contributed by atoms with E-state index in [2.05, 4.69) is 29.6 Å². The minimum atomic E-state index is -0.344. The summed E-state index contributed by atoms with van der Waals surface area (Å²) in [6.07, 6.45) is 0. The van der Waals surface area contributed by atoms with Gasteiger partial charge < -0.3 is 10.2 Å². The van der Waals surface area contributed by atoms with Gasteiger partial charge in [0.15, 0.2) is 5.78 Å². The van der Waals surface area contributed by atoms with Crippen LogP contribution in [0.15, 0.2) is 66.7 Å². The van der Waals surface area contributed by atoms with Gasteiger partial charge in [-0.2, -0.15) is 0 Å². The van der Waals surface area contributed by atoms with Gasteiger partial charge in [-0.3, -0.25) is 9.59 Å². The molecule has 0 aliphatic heterocycles. The number of benzene rings is 3. The minimum Gasteiger partial charge on any atom is -0.363 e. The molecule has 0 radical (unpaired) electrons. The predicted octanol–water partition coefficient (Wildman–Crippen LogP) is 4.51. The Kier molecular flexibility index (Phi) is 5.03. The molecule has 26 heavy (non-hydrogen) atoms. The Morgan fingerprint density at radius 2 is 1.58 bits per heavy atom. The number of nitrogens with one attached hydrogen (secondary N) is 1. The summed E-state index contributed by atoms with van der Waals surface area (Å²) in [7, 11) is 1.91. The van der Waals surface area contributed by atoms with Crippen LogP contribution in [0.4, 0.5) is 11.4 Å².